The molecule has 0 amide bonds. The first kappa shape index (κ1) is 25.5. The van der Waals surface area contributed by atoms with E-state index in [-0.39, 0.29) is 11.4 Å². The minimum Gasteiger partial charge on any atom is -0.461 e. The van der Waals surface area contributed by atoms with E-state index in [4.69, 9.17) is 24.7 Å². The number of alkyl halides is 1. The van der Waals surface area contributed by atoms with Crippen LogP contribution in [0.15, 0.2) is 47.4 Å². The Bertz CT molecular complexity index is 1050. The zero-order valence-electron chi connectivity index (χ0n) is 18.2. The zero-order chi connectivity index (χ0) is 24.6. The Morgan fingerprint density at radius 2 is 1.79 bits per heavy atom. The van der Waals surface area contributed by atoms with Crippen molar-refractivity contribution in [3.63, 3.8) is 0 Å². The Kier molecular flexibility index (Phi) is 8.63. The predicted molar refractivity (Wildman–Crippen MR) is 111 cm³/mol. The summed E-state index contributed by atoms with van der Waals surface area (Å²) in [5.74, 6) is -5.46. The highest BCUT2D eigenvalue weighted by molar-refractivity contribution is 5.89. The Labute approximate surface area is 188 Å². The maximum Gasteiger partial charge on any atom is 0.351 e. The minimum absolute atomic E-state index is 0.0981. The molecule has 1 aromatic carbocycles. The average molecular weight is 465 g/mol. The zero-order valence-corrected chi connectivity index (χ0v) is 18.2. The van der Waals surface area contributed by atoms with Crippen LogP contribution in [0.3, 0.4) is 0 Å². The summed E-state index contributed by atoms with van der Waals surface area (Å²) in [4.78, 5) is 50.8. The predicted octanol–water partition coefficient (Wildman–Crippen LogP) is 1.38. The van der Waals surface area contributed by atoms with Crippen molar-refractivity contribution < 1.29 is 37.7 Å². The maximum atomic E-state index is 16.0. The molecule has 12 heteroatoms. The van der Waals surface area contributed by atoms with E-state index in [1.807, 2.05) is 0 Å². The number of carbonyl (C=O) groups excluding carboxylic acids is 3. The number of ether oxygens (including phenoxy) is 4. The molecule has 2 N–H and O–H groups in total. The molecule has 0 bridgehead atoms. The van der Waals surface area contributed by atoms with Gasteiger partial charge in [0.25, 0.3) is 5.85 Å². The lowest BCUT2D eigenvalue weighted by atomic mass is 10.2. The average Bonchev–Trinajstić information content (AvgIpc) is 2.75. The summed E-state index contributed by atoms with van der Waals surface area (Å²) in [7, 11) is 0. The van der Waals surface area contributed by atoms with Gasteiger partial charge >= 0.3 is 23.6 Å². The number of hydrogen-bond donors (Lipinski definition) is 1. The van der Waals surface area contributed by atoms with Gasteiger partial charge in [-0.2, -0.15) is 4.98 Å². The van der Waals surface area contributed by atoms with E-state index in [1.54, 1.807) is 18.2 Å². The van der Waals surface area contributed by atoms with E-state index in [9.17, 15) is 19.2 Å². The second-order valence-electron chi connectivity index (χ2n) is 6.90. The summed E-state index contributed by atoms with van der Waals surface area (Å²) in [6.45, 7) is 1.71. The Hall–Kier alpha value is -3.80. The number of esters is 3. The van der Waals surface area contributed by atoms with Crippen LogP contribution in [0, 0.1) is 0 Å². The quantitative estimate of drug-likeness (QED) is 0.403. The fourth-order valence-corrected chi connectivity index (χ4v) is 2.64. The molecular formula is C21H24FN3O8. The van der Waals surface area contributed by atoms with Crippen LogP contribution in [0.1, 0.15) is 37.4 Å². The highest BCUT2D eigenvalue weighted by Gasteiger charge is 2.45. The third kappa shape index (κ3) is 7.38. The van der Waals surface area contributed by atoms with E-state index in [1.165, 1.54) is 25.1 Å². The molecule has 0 aliphatic rings. The van der Waals surface area contributed by atoms with Gasteiger partial charge in [0.2, 0.25) is 0 Å². The van der Waals surface area contributed by atoms with Gasteiger partial charge in [0, 0.05) is 20.0 Å². The third-order valence-corrected chi connectivity index (χ3v) is 4.28. The van der Waals surface area contributed by atoms with Crippen LogP contribution in [-0.2, 0) is 28.5 Å². The molecule has 0 spiro atoms. The molecule has 178 valence electrons. The van der Waals surface area contributed by atoms with Crippen molar-refractivity contribution in [3.05, 3.63) is 58.6 Å². The number of hydrogen-bond acceptors (Lipinski definition) is 10. The maximum absolute atomic E-state index is 16.0. The molecule has 0 radical (unpaired) electrons. The first-order valence-corrected chi connectivity index (χ1v) is 9.76. The number of benzene rings is 1. The van der Waals surface area contributed by atoms with E-state index in [0.717, 1.165) is 24.6 Å². The van der Waals surface area contributed by atoms with Crippen molar-refractivity contribution in [1.82, 2.24) is 9.55 Å². The van der Waals surface area contributed by atoms with E-state index < -0.39 is 55.0 Å². The summed E-state index contributed by atoms with van der Waals surface area (Å²) in [6.07, 6.45) is -1.99. The number of nitrogens with two attached hydrogens (primary N) is 1. The lowest BCUT2D eigenvalue weighted by molar-refractivity contribution is -0.271. The number of nitrogen functional groups attached to an aromatic ring is 1. The van der Waals surface area contributed by atoms with Crippen LogP contribution in [0.2, 0.25) is 0 Å². The summed E-state index contributed by atoms with van der Waals surface area (Å²) < 4.78 is 37.1. The van der Waals surface area contributed by atoms with Crippen molar-refractivity contribution >= 4 is 23.7 Å². The number of rotatable bonds is 10. The van der Waals surface area contributed by atoms with Gasteiger partial charge in [0.15, 0.2) is 18.9 Å². The van der Waals surface area contributed by atoms with E-state index in [0.29, 0.717) is 0 Å². The molecule has 2 aromatic rings. The van der Waals surface area contributed by atoms with Crippen molar-refractivity contribution in [2.75, 3.05) is 18.9 Å². The minimum atomic E-state index is -2.94. The smallest absolute Gasteiger partial charge is 0.351 e. The Balaban J connectivity index is 2.35. The van der Waals surface area contributed by atoms with Crippen LogP contribution in [0.25, 0.3) is 0 Å². The highest BCUT2D eigenvalue weighted by Crippen LogP contribution is 2.28. The van der Waals surface area contributed by atoms with Crippen LogP contribution >= 0.6 is 0 Å². The number of nitrogens with zero attached hydrogens (tertiary/aromatic N) is 2. The second kappa shape index (κ2) is 11.2. The fourth-order valence-electron chi connectivity index (χ4n) is 2.64. The molecule has 0 unspecified atom stereocenters. The van der Waals surface area contributed by atoms with E-state index in [2.05, 4.69) is 4.98 Å². The molecule has 33 heavy (non-hydrogen) atoms. The van der Waals surface area contributed by atoms with Gasteiger partial charge in [-0.1, -0.05) is 18.2 Å². The number of halogens is 1. The van der Waals surface area contributed by atoms with Crippen LogP contribution in [-0.4, -0.2) is 52.6 Å². The molecule has 1 aromatic heterocycles. The van der Waals surface area contributed by atoms with Gasteiger partial charge in [0.05, 0.1) is 5.56 Å². The topological polar surface area (TPSA) is 149 Å². The standard InChI is InChI=1S/C21H24FN3O8/c1-13(32-15(3)27)21(22,12-31-19(28)16-7-5-4-6-8-16)33-18(11-30-14(2)26)25-10-9-17(23)24-20(25)29/h4-10,13,18H,11-12H2,1-3H3,(H2,23,24,29)/t13-,18+,21+/m0/s1. The Morgan fingerprint density at radius 3 is 2.36 bits per heavy atom. The normalized spacial score (nSPS) is 14.4. The molecular weight excluding hydrogens is 441 g/mol. The summed E-state index contributed by atoms with van der Waals surface area (Å²) in [6, 6.07) is 9.03. The summed E-state index contributed by atoms with van der Waals surface area (Å²) >= 11 is 0. The molecule has 0 saturated heterocycles. The number of anilines is 1. The molecule has 0 aliphatic heterocycles. The van der Waals surface area contributed by atoms with Gasteiger partial charge in [0.1, 0.15) is 12.4 Å². The lowest BCUT2D eigenvalue weighted by Gasteiger charge is -2.34. The molecule has 0 saturated carbocycles. The van der Waals surface area contributed by atoms with E-state index >= 15 is 4.39 Å². The van der Waals surface area contributed by atoms with Crippen molar-refractivity contribution in [2.45, 2.75) is 39.0 Å². The molecule has 11 nitrogen and oxygen atoms in total. The summed E-state index contributed by atoms with van der Waals surface area (Å²) in [5, 5.41) is 0. The highest BCUT2D eigenvalue weighted by atomic mass is 19.2. The monoisotopic (exact) mass is 465 g/mol. The van der Waals surface area contributed by atoms with Gasteiger partial charge in [-0.05, 0) is 25.1 Å². The van der Waals surface area contributed by atoms with Crippen LogP contribution < -0.4 is 11.4 Å². The second-order valence-corrected chi connectivity index (χ2v) is 6.90. The van der Waals surface area contributed by atoms with Crippen molar-refractivity contribution in [3.8, 4) is 0 Å². The molecule has 0 fully saturated rings. The van der Waals surface area contributed by atoms with Crippen molar-refractivity contribution in [1.29, 1.82) is 0 Å². The molecule has 3 atom stereocenters. The van der Waals surface area contributed by atoms with Crippen LogP contribution in [0.4, 0.5) is 10.2 Å². The largest absolute Gasteiger partial charge is 0.461 e. The fraction of sp³-hybridized carbons (Fsp3) is 0.381. The molecule has 2 rings (SSSR count). The third-order valence-electron chi connectivity index (χ3n) is 4.28. The lowest BCUT2D eigenvalue weighted by Crippen LogP contribution is -2.49. The van der Waals surface area contributed by atoms with Gasteiger partial charge < -0.3 is 24.7 Å². The first-order valence-electron chi connectivity index (χ1n) is 9.76. The molecule has 1 heterocycles. The first-order chi connectivity index (χ1) is 15.5. The van der Waals surface area contributed by atoms with Gasteiger partial charge in [-0.25, -0.2) is 14.0 Å². The summed E-state index contributed by atoms with van der Waals surface area (Å²) in [5.41, 5.74) is 4.70. The SMILES string of the molecule is CC(=O)OC[C@@H](O[C@](F)(COC(=O)c1ccccc1)[C@H](C)OC(C)=O)n1ccc(N)nc1=O. The van der Waals surface area contributed by atoms with Gasteiger partial charge in [-0.3, -0.25) is 14.2 Å². The number of aromatic nitrogens is 2. The van der Waals surface area contributed by atoms with Gasteiger partial charge in [-0.15, -0.1) is 0 Å². The molecule has 0 aliphatic carbocycles. The van der Waals surface area contributed by atoms with Crippen molar-refractivity contribution in [2.24, 2.45) is 0 Å². The number of carbonyl (C=O) groups is 3. The Morgan fingerprint density at radius 1 is 1.12 bits per heavy atom. The van der Waals surface area contributed by atoms with Crippen LogP contribution in [0.5, 0.6) is 0 Å².